The van der Waals surface area contributed by atoms with E-state index in [4.69, 9.17) is 5.11 Å². The molecule has 0 aromatic carbocycles. The number of rotatable bonds is 5. The van der Waals surface area contributed by atoms with Gasteiger partial charge in [0.05, 0.1) is 0 Å². The monoisotopic (exact) mass is 144 g/mol. The van der Waals surface area contributed by atoms with Gasteiger partial charge in [0.2, 0.25) is 0 Å². The van der Waals surface area contributed by atoms with Crippen molar-refractivity contribution in [2.75, 3.05) is 6.61 Å². The SMILES string of the molecule is CCC(CC)C(C)CCO. The first-order valence-electron chi connectivity index (χ1n) is 4.37. The quantitative estimate of drug-likeness (QED) is 0.628. The van der Waals surface area contributed by atoms with Crippen LogP contribution >= 0.6 is 0 Å². The molecule has 0 bridgehead atoms. The highest BCUT2D eigenvalue weighted by molar-refractivity contribution is 4.62. The fourth-order valence-electron chi connectivity index (χ4n) is 1.53. The van der Waals surface area contributed by atoms with Crippen LogP contribution in [0.15, 0.2) is 0 Å². The predicted octanol–water partition coefficient (Wildman–Crippen LogP) is 2.44. The lowest BCUT2D eigenvalue weighted by Crippen LogP contribution is -2.11. The molecule has 0 radical (unpaired) electrons. The Balaban J connectivity index is 3.53. The fourth-order valence-corrected chi connectivity index (χ4v) is 1.53. The molecule has 1 nitrogen and oxygen atoms in total. The Labute approximate surface area is 64.5 Å². The molecule has 0 rings (SSSR count). The van der Waals surface area contributed by atoms with E-state index in [0.29, 0.717) is 12.5 Å². The molecule has 0 aromatic heterocycles. The summed E-state index contributed by atoms with van der Waals surface area (Å²) in [5, 5.41) is 8.68. The van der Waals surface area contributed by atoms with Gasteiger partial charge in [0.15, 0.2) is 0 Å². The Hall–Kier alpha value is -0.0400. The van der Waals surface area contributed by atoms with Crippen molar-refractivity contribution in [2.45, 2.75) is 40.0 Å². The summed E-state index contributed by atoms with van der Waals surface area (Å²) in [5.41, 5.74) is 0. The van der Waals surface area contributed by atoms with Gasteiger partial charge < -0.3 is 5.11 Å². The summed E-state index contributed by atoms with van der Waals surface area (Å²) >= 11 is 0. The minimum atomic E-state index is 0.345. The molecular weight excluding hydrogens is 124 g/mol. The van der Waals surface area contributed by atoms with Gasteiger partial charge in [-0.15, -0.1) is 0 Å². The summed E-state index contributed by atoms with van der Waals surface area (Å²) in [4.78, 5) is 0. The fraction of sp³-hybridized carbons (Fsp3) is 1.00. The van der Waals surface area contributed by atoms with Crippen LogP contribution in [0.3, 0.4) is 0 Å². The molecule has 0 amide bonds. The van der Waals surface area contributed by atoms with Crippen LogP contribution in [0.1, 0.15) is 40.0 Å². The van der Waals surface area contributed by atoms with Crippen LogP contribution in [0.4, 0.5) is 0 Å². The molecule has 0 fully saturated rings. The summed E-state index contributed by atoms with van der Waals surface area (Å²) in [6.45, 7) is 7.02. The molecule has 0 saturated carbocycles. The zero-order valence-corrected chi connectivity index (χ0v) is 7.43. The van der Waals surface area contributed by atoms with Gasteiger partial charge in [-0.1, -0.05) is 33.6 Å². The first kappa shape index (κ1) is 9.96. The van der Waals surface area contributed by atoms with Crippen molar-refractivity contribution >= 4 is 0 Å². The molecule has 1 N–H and O–H groups in total. The molecule has 1 atom stereocenters. The Morgan fingerprint density at radius 1 is 1.20 bits per heavy atom. The molecule has 0 aliphatic heterocycles. The van der Waals surface area contributed by atoms with E-state index in [-0.39, 0.29) is 0 Å². The Morgan fingerprint density at radius 2 is 1.70 bits per heavy atom. The predicted molar refractivity (Wildman–Crippen MR) is 44.9 cm³/mol. The topological polar surface area (TPSA) is 20.2 Å². The lowest BCUT2D eigenvalue weighted by molar-refractivity contribution is 0.223. The van der Waals surface area contributed by atoms with Gasteiger partial charge in [0.1, 0.15) is 0 Å². The van der Waals surface area contributed by atoms with Crippen LogP contribution in [0.25, 0.3) is 0 Å². The molecule has 62 valence electrons. The van der Waals surface area contributed by atoms with Crippen LogP contribution < -0.4 is 0 Å². The minimum absolute atomic E-state index is 0.345. The first-order valence-corrected chi connectivity index (χ1v) is 4.37. The van der Waals surface area contributed by atoms with E-state index in [0.717, 1.165) is 12.3 Å². The van der Waals surface area contributed by atoms with Gasteiger partial charge in [-0.05, 0) is 18.3 Å². The number of hydrogen-bond acceptors (Lipinski definition) is 1. The lowest BCUT2D eigenvalue weighted by Gasteiger charge is -2.19. The molecule has 0 aliphatic carbocycles. The normalized spacial score (nSPS) is 14.1. The van der Waals surface area contributed by atoms with Gasteiger partial charge >= 0.3 is 0 Å². The number of hydrogen-bond donors (Lipinski definition) is 1. The van der Waals surface area contributed by atoms with Crippen LogP contribution in [0.2, 0.25) is 0 Å². The molecule has 0 aliphatic rings. The van der Waals surface area contributed by atoms with Crippen molar-refractivity contribution in [3.05, 3.63) is 0 Å². The third kappa shape index (κ3) is 3.21. The largest absolute Gasteiger partial charge is 0.396 e. The number of aliphatic hydroxyl groups excluding tert-OH is 1. The van der Waals surface area contributed by atoms with Gasteiger partial charge in [-0.2, -0.15) is 0 Å². The minimum Gasteiger partial charge on any atom is -0.396 e. The molecule has 0 spiro atoms. The molecule has 0 saturated heterocycles. The summed E-state index contributed by atoms with van der Waals surface area (Å²) in [6, 6.07) is 0. The highest BCUT2D eigenvalue weighted by Crippen LogP contribution is 2.21. The summed E-state index contributed by atoms with van der Waals surface area (Å²) in [6.07, 6.45) is 3.46. The molecule has 1 heteroatoms. The second kappa shape index (κ2) is 5.72. The van der Waals surface area contributed by atoms with E-state index in [1.54, 1.807) is 0 Å². The molecule has 0 aromatic rings. The van der Waals surface area contributed by atoms with E-state index in [1.165, 1.54) is 12.8 Å². The second-order valence-electron chi connectivity index (χ2n) is 3.07. The van der Waals surface area contributed by atoms with Crippen molar-refractivity contribution in [3.8, 4) is 0 Å². The van der Waals surface area contributed by atoms with E-state index in [1.807, 2.05) is 0 Å². The van der Waals surface area contributed by atoms with Crippen LogP contribution in [0, 0.1) is 11.8 Å². The third-order valence-corrected chi connectivity index (χ3v) is 2.44. The second-order valence-corrected chi connectivity index (χ2v) is 3.07. The lowest BCUT2D eigenvalue weighted by atomic mass is 9.87. The van der Waals surface area contributed by atoms with Crippen LogP contribution in [-0.2, 0) is 0 Å². The Bertz CT molecular complexity index is 67.1. The standard InChI is InChI=1S/C9H20O/c1-4-9(5-2)8(3)6-7-10/h8-10H,4-7H2,1-3H3. The van der Waals surface area contributed by atoms with Crippen molar-refractivity contribution in [2.24, 2.45) is 11.8 Å². The Kier molecular flexibility index (Phi) is 5.70. The molecular formula is C9H20O. The van der Waals surface area contributed by atoms with Gasteiger partial charge in [0, 0.05) is 6.61 Å². The van der Waals surface area contributed by atoms with E-state index >= 15 is 0 Å². The smallest absolute Gasteiger partial charge is 0.0433 e. The van der Waals surface area contributed by atoms with Gasteiger partial charge in [0.25, 0.3) is 0 Å². The summed E-state index contributed by atoms with van der Waals surface area (Å²) < 4.78 is 0. The maximum Gasteiger partial charge on any atom is 0.0433 e. The van der Waals surface area contributed by atoms with Gasteiger partial charge in [-0.25, -0.2) is 0 Å². The van der Waals surface area contributed by atoms with Crippen molar-refractivity contribution in [3.63, 3.8) is 0 Å². The summed E-state index contributed by atoms with van der Waals surface area (Å²) in [5.74, 6) is 1.51. The maximum atomic E-state index is 8.68. The number of aliphatic hydroxyl groups is 1. The van der Waals surface area contributed by atoms with Crippen molar-refractivity contribution in [1.82, 2.24) is 0 Å². The highest BCUT2D eigenvalue weighted by Gasteiger charge is 2.11. The summed E-state index contributed by atoms with van der Waals surface area (Å²) in [7, 11) is 0. The third-order valence-electron chi connectivity index (χ3n) is 2.44. The van der Waals surface area contributed by atoms with E-state index in [9.17, 15) is 0 Å². The van der Waals surface area contributed by atoms with Crippen molar-refractivity contribution < 1.29 is 5.11 Å². The van der Waals surface area contributed by atoms with Crippen molar-refractivity contribution in [1.29, 1.82) is 0 Å². The Morgan fingerprint density at radius 3 is 2.00 bits per heavy atom. The zero-order valence-electron chi connectivity index (χ0n) is 7.43. The van der Waals surface area contributed by atoms with E-state index < -0.39 is 0 Å². The van der Waals surface area contributed by atoms with Crippen LogP contribution in [0.5, 0.6) is 0 Å². The highest BCUT2D eigenvalue weighted by atomic mass is 16.3. The van der Waals surface area contributed by atoms with E-state index in [2.05, 4.69) is 20.8 Å². The maximum absolute atomic E-state index is 8.68. The molecule has 0 heterocycles. The average Bonchev–Trinajstić information content (AvgIpc) is 1.91. The molecule has 1 unspecified atom stereocenters. The first-order chi connectivity index (χ1) is 4.76. The average molecular weight is 144 g/mol. The van der Waals surface area contributed by atoms with Crippen LogP contribution in [-0.4, -0.2) is 11.7 Å². The zero-order chi connectivity index (χ0) is 7.98. The van der Waals surface area contributed by atoms with Gasteiger partial charge in [-0.3, -0.25) is 0 Å². The molecule has 10 heavy (non-hydrogen) atoms.